The molecule has 0 aliphatic rings. The lowest BCUT2D eigenvalue weighted by Gasteiger charge is -2.11. The van der Waals surface area contributed by atoms with Gasteiger partial charge in [-0.05, 0) is 29.7 Å². The summed E-state index contributed by atoms with van der Waals surface area (Å²) in [5, 5.41) is 12.8. The van der Waals surface area contributed by atoms with Crippen molar-refractivity contribution in [2.24, 2.45) is 0 Å². The predicted molar refractivity (Wildman–Crippen MR) is 86.9 cm³/mol. The van der Waals surface area contributed by atoms with E-state index in [0.717, 1.165) is 15.6 Å². The Morgan fingerprint density at radius 3 is 2.43 bits per heavy atom. The van der Waals surface area contributed by atoms with Gasteiger partial charge in [-0.15, -0.1) is 0 Å². The van der Waals surface area contributed by atoms with Crippen LogP contribution in [0.3, 0.4) is 0 Å². The summed E-state index contributed by atoms with van der Waals surface area (Å²) in [6.07, 6.45) is 0.323. The van der Waals surface area contributed by atoms with Crippen LogP contribution in [0.25, 0.3) is 0 Å². The first kappa shape index (κ1) is 15.7. The number of carbonyl (C=O) groups is 1. The molecule has 0 heterocycles. The number of hydrogen-bond donors (Lipinski definition) is 2. The Bertz CT molecular complexity index is 569. The molecule has 1 amide bonds. The number of hydrogen-bond acceptors (Lipinski definition) is 2. The molecule has 0 aliphatic carbocycles. The summed E-state index contributed by atoms with van der Waals surface area (Å²) in [7, 11) is 0. The van der Waals surface area contributed by atoms with Gasteiger partial charge in [-0.1, -0.05) is 58.4 Å². The van der Waals surface area contributed by atoms with Gasteiger partial charge in [-0.3, -0.25) is 4.79 Å². The Morgan fingerprint density at radius 2 is 1.76 bits per heavy atom. The molecule has 21 heavy (non-hydrogen) atoms. The molecule has 0 spiro atoms. The van der Waals surface area contributed by atoms with E-state index in [4.69, 9.17) is 0 Å². The minimum absolute atomic E-state index is 0.0300. The molecule has 3 nitrogen and oxygen atoms in total. The number of aliphatic hydroxyl groups is 1. The van der Waals surface area contributed by atoms with E-state index in [-0.39, 0.29) is 5.91 Å². The van der Waals surface area contributed by atoms with E-state index in [1.807, 2.05) is 54.6 Å². The van der Waals surface area contributed by atoms with Crippen molar-refractivity contribution in [3.8, 4) is 0 Å². The van der Waals surface area contributed by atoms with Gasteiger partial charge in [-0.2, -0.15) is 0 Å². The van der Waals surface area contributed by atoms with Gasteiger partial charge < -0.3 is 10.4 Å². The van der Waals surface area contributed by atoms with Crippen LogP contribution >= 0.6 is 15.9 Å². The van der Waals surface area contributed by atoms with Gasteiger partial charge in [0.2, 0.25) is 5.91 Å². The van der Waals surface area contributed by atoms with Crippen molar-refractivity contribution in [3.63, 3.8) is 0 Å². The van der Waals surface area contributed by atoms with Crippen LogP contribution in [0.15, 0.2) is 59.1 Å². The van der Waals surface area contributed by atoms with Crippen LogP contribution in [-0.2, 0) is 11.2 Å². The highest BCUT2D eigenvalue weighted by Gasteiger charge is 2.08. The third-order valence-electron chi connectivity index (χ3n) is 3.20. The van der Waals surface area contributed by atoms with Gasteiger partial charge in [0.05, 0.1) is 12.5 Å². The topological polar surface area (TPSA) is 49.3 Å². The van der Waals surface area contributed by atoms with Gasteiger partial charge in [0.1, 0.15) is 0 Å². The van der Waals surface area contributed by atoms with Crippen LogP contribution in [0.4, 0.5) is 0 Å². The van der Waals surface area contributed by atoms with Gasteiger partial charge >= 0.3 is 0 Å². The summed E-state index contributed by atoms with van der Waals surface area (Å²) < 4.78 is 0.998. The molecular formula is C17H18BrNO2. The fourth-order valence-electron chi connectivity index (χ4n) is 2.04. The average molecular weight is 348 g/mol. The van der Waals surface area contributed by atoms with E-state index in [9.17, 15) is 9.90 Å². The third kappa shape index (κ3) is 5.33. The zero-order chi connectivity index (χ0) is 15.1. The highest BCUT2D eigenvalue weighted by Crippen LogP contribution is 2.15. The minimum atomic E-state index is -0.542. The van der Waals surface area contributed by atoms with Crippen molar-refractivity contribution in [1.82, 2.24) is 5.32 Å². The second-order valence-electron chi connectivity index (χ2n) is 4.87. The molecule has 1 atom stereocenters. The van der Waals surface area contributed by atoms with E-state index in [1.165, 1.54) is 0 Å². The van der Waals surface area contributed by atoms with Crippen LogP contribution in [0.5, 0.6) is 0 Å². The predicted octanol–water partition coefficient (Wildman–Crippen LogP) is 3.23. The normalized spacial score (nSPS) is 11.9. The zero-order valence-electron chi connectivity index (χ0n) is 11.6. The standard InChI is InChI=1S/C17H18BrNO2/c18-15-8-6-13(7-9-15)12-17(21)19-11-10-16(20)14-4-2-1-3-5-14/h1-9,16,20H,10-12H2,(H,19,21). The molecule has 1 unspecified atom stereocenters. The van der Waals surface area contributed by atoms with E-state index < -0.39 is 6.10 Å². The number of rotatable bonds is 6. The van der Waals surface area contributed by atoms with E-state index >= 15 is 0 Å². The lowest BCUT2D eigenvalue weighted by atomic mass is 10.1. The van der Waals surface area contributed by atoms with Gasteiger partial charge in [-0.25, -0.2) is 0 Å². The summed E-state index contributed by atoms with van der Waals surface area (Å²) in [5.41, 5.74) is 1.85. The number of amides is 1. The van der Waals surface area contributed by atoms with Crippen LogP contribution in [-0.4, -0.2) is 17.6 Å². The number of benzene rings is 2. The first-order valence-electron chi connectivity index (χ1n) is 6.89. The number of nitrogens with one attached hydrogen (secondary N) is 1. The van der Waals surface area contributed by atoms with Gasteiger partial charge in [0.25, 0.3) is 0 Å². The molecule has 2 rings (SSSR count). The number of carbonyl (C=O) groups excluding carboxylic acids is 1. The van der Waals surface area contributed by atoms with Gasteiger partial charge in [0.15, 0.2) is 0 Å². The Kier molecular flexibility index (Phi) is 5.96. The van der Waals surface area contributed by atoms with Crippen LogP contribution in [0.2, 0.25) is 0 Å². The Labute approximate surface area is 133 Å². The van der Waals surface area contributed by atoms with Crippen molar-refractivity contribution in [1.29, 1.82) is 0 Å². The quantitative estimate of drug-likeness (QED) is 0.842. The lowest BCUT2D eigenvalue weighted by Crippen LogP contribution is -2.27. The second-order valence-corrected chi connectivity index (χ2v) is 5.78. The van der Waals surface area contributed by atoms with Crippen molar-refractivity contribution >= 4 is 21.8 Å². The summed E-state index contributed by atoms with van der Waals surface area (Å²) in [5.74, 6) is -0.0300. The van der Waals surface area contributed by atoms with Crippen LogP contribution in [0.1, 0.15) is 23.7 Å². The lowest BCUT2D eigenvalue weighted by molar-refractivity contribution is -0.120. The van der Waals surface area contributed by atoms with Crippen LogP contribution in [0, 0.1) is 0 Å². The molecule has 0 fully saturated rings. The fourth-order valence-corrected chi connectivity index (χ4v) is 2.30. The minimum Gasteiger partial charge on any atom is -0.388 e. The number of aliphatic hydroxyl groups excluding tert-OH is 1. The molecular weight excluding hydrogens is 330 g/mol. The molecule has 110 valence electrons. The summed E-state index contributed by atoms with van der Waals surface area (Å²) >= 11 is 3.36. The average Bonchev–Trinajstić information content (AvgIpc) is 2.50. The molecule has 2 N–H and O–H groups in total. The van der Waals surface area contributed by atoms with Crippen molar-refractivity contribution < 1.29 is 9.90 Å². The largest absolute Gasteiger partial charge is 0.388 e. The van der Waals surface area contributed by atoms with E-state index in [2.05, 4.69) is 21.2 Å². The van der Waals surface area contributed by atoms with Crippen molar-refractivity contribution in [2.75, 3.05) is 6.54 Å². The molecule has 0 aliphatic heterocycles. The Balaban J connectivity index is 1.73. The maximum atomic E-state index is 11.8. The first-order valence-corrected chi connectivity index (χ1v) is 7.68. The Hall–Kier alpha value is -1.65. The zero-order valence-corrected chi connectivity index (χ0v) is 13.2. The summed E-state index contributed by atoms with van der Waals surface area (Å²) in [6.45, 7) is 0.464. The molecule has 0 saturated carbocycles. The van der Waals surface area contributed by atoms with Crippen LogP contribution < -0.4 is 5.32 Å². The fraction of sp³-hybridized carbons (Fsp3) is 0.235. The van der Waals surface area contributed by atoms with E-state index in [1.54, 1.807) is 0 Å². The molecule has 0 saturated heterocycles. The molecule has 2 aromatic rings. The highest BCUT2D eigenvalue weighted by molar-refractivity contribution is 9.10. The highest BCUT2D eigenvalue weighted by atomic mass is 79.9. The first-order chi connectivity index (χ1) is 10.1. The summed E-state index contributed by atoms with van der Waals surface area (Å²) in [4.78, 5) is 11.8. The molecule has 2 aromatic carbocycles. The SMILES string of the molecule is O=C(Cc1ccc(Br)cc1)NCCC(O)c1ccccc1. The van der Waals surface area contributed by atoms with Crippen molar-refractivity contribution in [2.45, 2.75) is 18.9 Å². The number of halogens is 1. The summed E-state index contributed by atoms with van der Waals surface area (Å²) in [6, 6.07) is 17.1. The molecule has 0 bridgehead atoms. The maximum absolute atomic E-state index is 11.8. The third-order valence-corrected chi connectivity index (χ3v) is 3.73. The molecule has 4 heteroatoms. The molecule has 0 radical (unpaired) electrons. The smallest absolute Gasteiger partial charge is 0.224 e. The van der Waals surface area contributed by atoms with E-state index in [0.29, 0.717) is 19.4 Å². The Morgan fingerprint density at radius 1 is 1.10 bits per heavy atom. The van der Waals surface area contributed by atoms with Gasteiger partial charge in [0, 0.05) is 11.0 Å². The van der Waals surface area contributed by atoms with Crippen molar-refractivity contribution in [3.05, 3.63) is 70.2 Å². The molecule has 0 aromatic heterocycles. The maximum Gasteiger partial charge on any atom is 0.224 e. The second kappa shape index (κ2) is 7.96. The monoisotopic (exact) mass is 347 g/mol.